The van der Waals surface area contributed by atoms with E-state index in [1.165, 1.54) is 0 Å². The van der Waals surface area contributed by atoms with Gasteiger partial charge in [-0.1, -0.05) is 12.1 Å². The molecule has 0 aliphatic rings. The molecule has 80 valence electrons. The lowest BCUT2D eigenvalue weighted by atomic mass is 10.2. The maximum absolute atomic E-state index is 5.12. The quantitative estimate of drug-likeness (QED) is 0.752. The normalized spacial score (nSPS) is 13.1. The first-order chi connectivity index (χ1) is 6.76. The van der Waals surface area contributed by atoms with Gasteiger partial charge in [0.1, 0.15) is 0 Å². The van der Waals surface area contributed by atoms with Gasteiger partial charge in [-0.3, -0.25) is 0 Å². The molecule has 1 unspecified atom stereocenters. The molecule has 4 nitrogen and oxygen atoms in total. The van der Waals surface area contributed by atoms with Crippen LogP contribution in [0, 0.1) is 0 Å². The monoisotopic (exact) mass is 197 g/mol. The van der Waals surface area contributed by atoms with Crippen LogP contribution >= 0.6 is 0 Å². The molecular formula is C10H19N3O. The molecule has 0 fully saturated rings. The van der Waals surface area contributed by atoms with Crippen LogP contribution in [0.25, 0.3) is 0 Å². The molecule has 0 aliphatic carbocycles. The van der Waals surface area contributed by atoms with Crippen LogP contribution in [0.2, 0.25) is 0 Å². The lowest BCUT2D eigenvalue weighted by Gasteiger charge is -2.06. The van der Waals surface area contributed by atoms with E-state index in [2.05, 4.69) is 29.3 Å². The molecule has 1 rings (SSSR count). The first kappa shape index (κ1) is 11.2. The number of hydrogen-bond acceptors (Lipinski definition) is 4. The summed E-state index contributed by atoms with van der Waals surface area (Å²) in [5, 5.41) is 7.08. The van der Waals surface area contributed by atoms with E-state index in [9.17, 15) is 0 Å². The van der Waals surface area contributed by atoms with Gasteiger partial charge in [0.05, 0.1) is 0 Å². The first-order valence-electron chi connectivity index (χ1n) is 5.25. The number of nitrogens with one attached hydrogen (secondary N) is 1. The summed E-state index contributed by atoms with van der Waals surface area (Å²) in [6, 6.07) is 0.497. The Labute approximate surface area is 85.1 Å². The van der Waals surface area contributed by atoms with Crippen molar-refractivity contribution in [3.63, 3.8) is 0 Å². The fourth-order valence-electron chi connectivity index (χ4n) is 1.20. The number of hydrogen-bond donors (Lipinski definition) is 1. The average molecular weight is 197 g/mol. The third-order valence-corrected chi connectivity index (χ3v) is 2.27. The lowest BCUT2D eigenvalue weighted by molar-refractivity contribution is 0.364. The van der Waals surface area contributed by atoms with Gasteiger partial charge in [-0.2, -0.15) is 4.98 Å². The van der Waals surface area contributed by atoms with Gasteiger partial charge in [0.25, 0.3) is 0 Å². The van der Waals surface area contributed by atoms with Gasteiger partial charge in [-0.15, -0.1) is 0 Å². The summed E-state index contributed by atoms with van der Waals surface area (Å²) >= 11 is 0. The summed E-state index contributed by atoms with van der Waals surface area (Å²) in [6.07, 6.45) is 3.86. The molecular weight excluding hydrogens is 178 g/mol. The number of nitrogens with zero attached hydrogens (tertiary/aromatic N) is 2. The van der Waals surface area contributed by atoms with E-state index in [-0.39, 0.29) is 0 Å². The Morgan fingerprint density at radius 2 is 2.21 bits per heavy atom. The fraction of sp³-hybridized carbons (Fsp3) is 0.800. The van der Waals surface area contributed by atoms with Crippen LogP contribution in [0.1, 0.15) is 38.4 Å². The molecule has 0 saturated carbocycles. The molecule has 1 heterocycles. The van der Waals surface area contributed by atoms with E-state index in [1.54, 1.807) is 0 Å². The summed E-state index contributed by atoms with van der Waals surface area (Å²) in [5.41, 5.74) is 0. The second-order valence-electron chi connectivity index (χ2n) is 3.58. The van der Waals surface area contributed by atoms with Crippen LogP contribution in [0.4, 0.5) is 0 Å². The average Bonchev–Trinajstić information content (AvgIpc) is 2.63. The molecule has 1 N–H and O–H groups in total. The van der Waals surface area contributed by atoms with Gasteiger partial charge >= 0.3 is 0 Å². The molecule has 0 aliphatic heterocycles. The van der Waals surface area contributed by atoms with Gasteiger partial charge in [0.15, 0.2) is 5.82 Å². The molecule has 1 aromatic rings. The second kappa shape index (κ2) is 5.75. The van der Waals surface area contributed by atoms with Gasteiger partial charge in [-0.25, -0.2) is 0 Å². The van der Waals surface area contributed by atoms with Crippen LogP contribution in [-0.4, -0.2) is 23.2 Å². The van der Waals surface area contributed by atoms with Gasteiger partial charge < -0.3 is 9.84 Å². The van der Waals surface area contributed by atoms with Crippen molar-refractivity contribution < 1.29 is 4.52 Å². The van der Waals surface area contributed by atoms with E-state index in [4.69, 9.17) is 4.52 Å². The molecule has 0 aromatic carbocycles. The highest BCUT2D eigenvalue weighted by molar-refractivity contribution is 4.86. The molecule has 1 atom stereocenters. The summed E-state index contributed by atoms with van der Waals surface area (Å²) in [4.78, 5) is 4.30. The summed E-state index contributed by atoms with van der Waals surface area (Å²) in [6.45, 7) is 4.25. The number of rotatable bonds is 6. The third-order valence-electron chi connectivity index (χ3n) is 2.27. The van der Waals surface area contributed by atoms with Crippen molar-refractivity contribution >= 4 is 0 Å². The fourth-order valence-corrected chi connectivity index (χ4v) is 1.20. The van der Waals surface area contributed by atoms with E-state index >= 15 is 0 Å². The maximum Gasteiger partial charge on any atom is 0.226 e. The molecule has 4 heteroatoms. The molecule has 1 aromatic heterocycles. The molecule has 0 bridgehead atoms. The predicted octanol–water partition coefficient (Wildman–Crippen LogP) is 1.56. The van der Waals surface area contributed by atoms with E-state index in [0.717, 1.165) is 37.4 Å². The minimum Gasteiger partial charge on any atom is -0.339 e. The predicted molar refractivity (Wildman–Crippen MR) is 55.1 cm³/mol. The van der Waals surface area contributed by atoms with Crippen LogP contribution in [0.5, 0.6) is 0 Å². The summed E-state index contributed by atoms with van der Waals surface area (Å²) in [5.74, 6) is 1.59. The minimum absolute atomic E-state index is 0.497. The number of aryl methyl sites for hydroxylation is 2. The molecule has 0 radical (unpaired) electrons. The van der Waals surface area contributed by atoms with Gasteiger partial charge in [0, 0.05) is 18.9 Å². The first-order valence-corrected chi connectivity index (χ1v) is 5.25. The van der Waals surface area contributed by atoms with Crippen molar-refractivity contribution in [2.24, 2.45) is 0 Å². The van der Waals surface area contributed by atoms with Crippen molar-refractivity contribution in [2.45, 2.75) is 45.6 Å². The van der Waals surface area contributed by atoms with Crippen LogP contribution in [0.15, 0.2) is 4.52 Å². The van der Waals surface area contributed by atoms with E-state index in [1.807, 2.05) is 7.05 Å². The molecule has 0 spiro atoms. The standard InChI is InChI=1S/C10H19N3O/c1-4-5-9-12-10(14-13-9)7-6-8(2)11-3/h8,11H,4-7H2,1-3H3. The zero-order valence-corrected chi connectivity index (χ0v) is 9.21. The maximum atomic E-state index is 5.12. The minimum atomic E-state index is 0.497. The van der Waals surface area contributed by atoms with Crippen molar-refractivity contribution in [3.05, 3.63) is 11.7 Å². The topological polar surface area (TPSA) is 51.0 Å². The Morgan fingerprint density at radius 1 is 1.43 bits per heavy atom. The Kier molecular flexibility index (Phi) is 4.59. The highest BCUT2D eigenvalue weighted by Gasteiger charge is 2.06. The Hall–Kier alpha value is -0.900. The zero-order chi connectivity index (χ0) is 10.4. The molecule has 0 amide bonds. The van der Waals surface area contributed by atoms with Crippen LogP contribution in [0.3, 0.4) is 0 Å². The van der Waals surface area contributed by atoms with Gasteiger partial charge in [-0.05, 0) is 26.8 Å². The van der Waals surface area contributed by atoms with Crippen molar-refractivity contribution in [2.75, 3.05) is 7.05 Å². The second-order valence-corrected chi connectivity index (χ2v) is 3.58. The smallest absolute Gasteiger partial charge is 0.226 e. The highest BCUT2D eigenvalue weighted by atomic mass is 16.5. The number of aromatic nitrogens is 2. The zero-order valence-electron chi connectivity index (χ0n) is 9.21. The summed E-state index contributed by atoms with van der Waals surface area (Å²) in [7, 11) is 1.96. The molecule has 0 saturated heterocycles. The Bertz CT molecular complexity index is 260. The highest BCUT2D eigenvalue weighted by Crippen LogP contribution is 2.04. The van der Waals surface area contributed by atoms with Crippen molar-refractivity contribution in [3.8, 4) is 0 Å². The van der Waals surface area contributed by atoms with Crippen LogP contribution in [-0.2, 0) is 12.8 Å². The third kappa shape index (κ3) is 3.46. The Morgan fingerprint density at radius 3 is 2.86 bits per heavy atom. The van der Waals surface area contributed by atoms with Gasteiger partial charge in [0.2, 0.25) is 5.89 Å². The SMILES string of the molecule is CCCc1noc(CCC(C)NC)n1. The van der Waals surface area contributed by atoms with E-state index < -0.39 is 0 Å². The van der Waals surface area contributed by atoms with E-state index in [0.29, 0.717) is 6.04 Å². The Balaban J connectivity index is 2.35. The lowest BCUT2D eigenvalue weighted by Crippen LogP contribution is -2.21. The van der Waals surface area contributed by atoms with Crippen LogP contribution < -0.4 is 5.32 Å². The van der Waals surface area contributed by atoms with Crippen molar-refractivity contribution in [1.29, 1.82) is 0 Å². The van der Waals surface area contributed by atoms with Crippen molar-refractivity contribution in [1.82, 2.24) is 15.5 Å². The summed E-state index contributed by atoms with van der Waals surface area (Å²) < 4.78 is 5.12. The largest absolute Gasteiger partial charge is 0.339 e. The molecule has 14 heavy (non-hydrogen) atoms.